The molecule has 0 fully saturated rings. The molecule has 0 spiro atoms. The molecule has 0 atom stereocenters. The lowest BCUT2D eigenvalue weighted by Crippen LogP contribution is -1.80. The molecule has 0 aromatic carbocycles. The summed E-state index contributed by atoms with van der Waals surface area (Å²) in [6, 6.07) is 3.44. The highest BCUT2D eigenvalue weighted by atomic mass is 35.5. The molecule has 0 aliphatic heterocycles. The van der Waals surface area contributed by atoms with Gasteiger partial charge in [0.05, 0.1) is 15.7 Å². The molecule has 1 aromatic rings. The average Bonchev–Trinajstić information content (AvgIpc) is 1.88. The van der Waals surface area contributed by atoms with Crippen LogP contribution in [-0.4, -0.2) is 4.98 Å². The van der Waals surface area contributed by atoms with Crippen LogP contribution in [0, 0.1) is 0 Å². The molecule has 1 aromatic heterocycles. The Morgan fingerprint density at radius 3 is 2.60 bits per heavy atom. The first kappa shape index (κ1) is 7.58. The maximum Gasteiger partial charge on any atom is 0.0810 e. The summed E-state index contributed by atoms with van der Waals surface area (Å²) in [6.07, 6.45) is 1.53. The fraction of sp³-hybridized carbons (Fsp3) is 0. The molecule has 0 saturated carbocycles. The number of nitrogens with zero attached hydrogens (tertiary/aromatic N) is 1. The van der Waals surface area contributed by atoms with E-state index in [4.69, 9.17) is 23.2 Å². The molecule has 0 unspecified atom stereocenters. The third-order valence-corrected chi connectivity index (χ3v) is 1.42. The van der Waals surface area contributed by atoms with Gasteiger partial charge in [-0.3, -0.25) is 4.98 Å². The van der Waals surface area contributed by atoms with Crippen LogP contribution in [-0.2, 0) is 0 Å². The van der Waals surface area contributed by atoms with E-state index >= 15 is 0 Å². The van der Waals surface area contributed by atoms with Crippen LogP contribution in [0.1, 0.15) is 5.69 Å². The minimum atomic E-state index is 0.427. The number of aromatic nitrogens is 1. The maximum atomic E-state index is 5.58. The Morgan fingerprint density at radius 2 is 2.20 bits per heavy atom. The van der Waals surface area contributed by atoms with Crippen molar-refractivity contribution in [2.75, 3.05) is 0 Å². The first-order valence-electron chi connectivity index (χ1n) is 2.66. The van der Waals surface area contributed by atoms with Crippen molar-refractivity contribution in [1.82, 2.24) is 4.98 Å². The maximum absolute atomic E-state index is 5.58. The van der Waals surface area contributed by atoms with Crippen molar-refractivity contribution in [2.45, 2.75) is 0 Å². The van der Waals surface area contributed by atoms with Crippen molar-refractivity contribution in [3.63, 3.8) is 0 Å². The highest BCUT2D eigenvalue weighted by Crippen LogP contribution is 2.15. The molecule has 0 aliphatic carbocycles. The Bertz CT molecular complexity index is 240. The third-order valence-electron chi connectivity index (χ3n) is 1.01. The minimum Gasteiger partial charge on any atom is -0.254 e. The van der Waals surface area contributed by atoms with Crippen LogP contribution >= 0.6 is 23.2 Å². The highest BCUT2D eigenvalue weighted by Gasteiger charge is 1.94. The fourth-order valence-corrected chi connectivity index (χ4v) is 0.760. The van der Waals surface area contributed by atoms with Crippen LogP contribution in [0.25, 0.3) is 5.03 Å². The van der Waals surface area contributed by atoms with E-state index in [0.717, 1.165) is 0 Å². The second-order valence-electron chi connectivity index (χ2n) is 1.77. The second-order valence-corrected chi connectivity index (χ2v) is 2.66. The summed E-state index contributed by atoms with van der Waals surface area (Å²) in [5, 5.41) is 1.03. The number of hydrogen-bond donors (Lipinski definition) is 0. The SMILES string of the molecule is C=C(Cl)c1ccc(Cl)cn1. The summed E-state index contributed by atoms with van der Waals surface area (Å²) in [6.45, 7) is 3.51. The van der Waals surface area contributed by atoms with Gasteiger partial charge in [-0.05, 0) is 12.1 Å². The van der Waals surface area contributed by atoms with Gasteiger partial charge in [-0.1, -0.05) is 29.8 Å². The molecule has 1 heterocycles. The van der Waals surface area contributed by atoms with Gasteiger partial charge in [0.15, 0.2) is 0 Å². The lowest BCUT2D eigenvalue weighted by Gasteiger charge is -1.94. The van der Waals surface area contributed by atoms with Gasteiger partial charge in [0.1, 0.15) is 0 Å². The molecule has 3 heteroatoms. The molecule has 0 radical (unpaired) electrons. The van der Waals surface area contributed by atoms with Crippen LogP contribution < -0.4 is 0 Å². The molecule has 1 rings (SSSR count). The van der Waals surface area contributed by atoms with Gasteiger partial charge < -0.3 is 0 Å². The number of rotatable bonds is 1. The van der Waals surface area contributed by atoms with Crippen LogP contribution in [0.4, 0.5) is 0 Å². The van der Waals surface area contributed by atoms with E-state index in [2.05, 4.69) is 11.6 Å². The zero-order valence-electron chi connectivity index (χ0n) is 5.14. The topological polar surface area (TPSA) is 12.9 Å². The molecule has 10 heavy (non-hydrogen) atoms. The Balaban J connectivity index is 3.00. The molecule has 0 amide bonds. The second kappa shape index (κ2) is 3.04. The first-order valence-corrected chi connectivity index (χ1v) is 3.42. The van der Waals surface area contributed by atoms with Gasteiger partial charge in [0, 0.05) is 6.20 Å². The van der Waals surface area contributed by atoms with E-state index < -0.39 is 0 Å². The van der Waals surface area contributed by atoms with E-state index in [1.807, 2.05) is 0 Å². The Hall–Kier alpha value is -0.530. The normalized spacial score (nSPS) is 9.40. The van der Waals surface area contributed by atoms with Crippen molar-refractivity contribution in [3.8, 4) is 0 Å². The molecule has 0 saturated heterocycles. The molecule has 52 valence electrons. The van der Waals surface area contributed by atoms with Crippen LogP contribution in [0.3, 0.4) is 0 Å². The van der Waals surface area contributed by atoms with Crippen molar-refractivity contribution in [1.29, 1.82) is 0 Å². The van der Waals surface area contributed by atoms with Gasteiger partial charge in [-0.15, -0.1) is 0 Å². The van der Waals surface area contributed by atoms with E-state index in [1.165, 1.54) is 6.20 Å². The summed E-state index contributed by atoms with van der Waals surface area (Å²) >= 11 is 11.1. The zero-order chi connectivity index (χ0) is 7.56. The van der Waals surface area contributed by atoms with Crippen LogP contribution in [0.5, 0.6) is 0 Å². The summed E-state index contributed by atoms with van der Waals surface area (Å²) in [4.78, 5) is 3.91. The number of halogens is 2. The van der Waals surface area contributed by atoms with Gasteiger partial charge in [-0.2, -0.15) is 0 Å². The quantitative estimate of drug-likeness (QED) is 0.637. The first-order chi connectivity index (χ1) is 4.70. The fourth-order valence-electron chi connectivity index (χ4n) is 0.536. The van der Waals surface area contributed by atoms with Gasteiger partial charge in [0.2, 0.25) is 0 Å². The van der Waals surface area contributed by atoms with E-state index in [-0.39, 0.29) is 0 Å². The lowest BCUT2D eigenvalue weighted by atomic mass is 10.3. The molecular weight excluding hydrogens is 169 g/mol. The lowest BCUT2D eigenvalue weighted by molar-refractivity contribution is 1.29. The Labute approximate surface area is 69.3 Å². The predicted molar refractivity (Wildman–Crippen MR) is 44.1 cm³/mol. The van der Waals surface area contributed by atoms with Crippen LogP contribution in [0.2, 0.25) is 5.02 Å². The molecule has 0 bridgehead atoms. The Morgan fingerprint density at radius 1 is 1.50 bits per heavy atom. The molecule has 0 N–H and O–H groups in total. The largest absolute Gasteiger partial charge is 0.254 e. The summed E-state index contributed by atoms with van der Waals surface area (Å²) in [7, 11) is 0. The third kappa shape index (κ3) is 1.72. The summed E-state index contributed by atoms with van der Waals surface area (Å²) < 4.78 is 0. The zero-order valence-corrected chi connectivity index (χ0v) is 6.65. The highest BCUT2D eigenvalue weighted by molar-refractivity contribution is 6.48. The number of hydrogen-bond acceptors (Lipinski definition) is 1. The molecule has 1 nitrogen and oxygen atoms in total. The average molecular weight is 174 g/mol. The van der Waals surface area contributed by atoms with Gasteiger partial charge >= 0.3 is 0 Å². The summed E-state index contributed by atoms with van der Waals surface area (Å²) in [5.41, 5.74) is 0.658. The van der Waals surface area contributed by atoms with Crippen molar-refractivity contribution in [3.05, 3.63) is 35.6 Å². The number of pyridine rings is 1. The van der Waals surface area contributed by atoms with E-state index in [0.29, 0.717) is 15.7 Å². The van der Waals surface area contributed by atoms with Crippen molar-refractivity contribution < 1.29 is 0 Å². The minimum absolute atomic E-state index is 0.427. The molecule has 0 aliphatic rings. The molecular formula is C7H5Cl2N. The van der Waals surface area contributed by atoms with Gasteiger partial charge in [0.25, 0.3) is 0 Å². The smallest absolute Gasteiger partial charge is 0.0810 e. The predicted octanol–water partition coefficient (Wildman–Crippen LogP) is 2.94. The van der Waals surface area contributed by atoms with Gasteiger partial charge in [-0.25, -0.2) is 0 Å². The summed E-state index contributed by atoms with van der Waals surface area (Å²) in [5.74, 6) is 0. The van der Waals surface area contributed by atoms with E-state index in [9.17, 15) is 0 Å². The van der Waals surface area contributed by atoms with Crippen LogP contribution in [0.15, 0.2) is 24.9 Å². The van der Waals surface area contributed by atoms with E-state index in [1.54, 1.807) is 12.1 Å². The Kier molecular flexibility index (Phi) is 2.30. The standard InChI is InChI=1S/C7H5Cl2N/c1-5(8)7-3-2-6(9)4-10-7/h2-4H,1H2. The van der Waals surface area contributed by atoms with Crippen molar-refractivity contribution >= 4 is 28.2 Å². The van der Waals surface area contributed by atoms with Crippen molar-refractivity contribution in [2.24, 2.45) is 0 Å². The monoisotopic (exact) mass is 173 g/mol.